The van der Waals surface area contributed by atoms with Gasteiger partial charge >= 0.3 is 0 Å². The van der Waals surface area contributed by atoms with Crippen LogP contribution in [0, 0.1) is 11.3 Å². The minimum Gasteiger partial charge on any atom is -0.494 e. The third-order valence-electron chi connectivity index (χ3n) is 3.94. The van der Waals surface area contributed by atoms with Crippen molar-refractivity contribution in [3.63, 3.8) is 0 Å². The molecule has 0 unspecified atom stereocenters. The van der Waals surface area contributed by atoms with E-state index in [-0.39, 0.29) is 12.0 Å². The summed E-state index contributed by atoms with van der Waals surface area (Å²) >= 11 is 0. The summed E-state index contributed by atoms with van der Waals surface area (Å²) in [5.41, 5.74) is 1.47. The number of pyridine rings is 1. The van der Waals surface area contributed by atoms with Gasteiger partial charge in [0.2, 0.25) is 11.8 Å². The maximum absolute atomic E-state index is 12.3. The predicted molar refractivity (Wildman–Crippen MR) is 91.3 cm³/mol. The molecule has 25 heavy (non-hydrogen) atoms. The Morgan fingerprint density at radius 3 is 2.76 bits per heavy atom. The van der Waals surface area contributed by atoms with Crippen molar-refractivity contribution in [1.29, 1.82) is 5.26 Å². The maximum Gasteiger partial charge on any atom is 0.227 e. The second kappa shape index (κ2) is 7.67. The Kier molecular flexibility index (Phi) is 5.14. The van der Waals surface area contributed by atoms with E-state index in [4.69, 9.17) is 14.7 Å². The molecule has 1 aromatic heterocycles. The lowest BCUT2D eigenvalue weighted by Gasteiger charge is -2.38. The van der Waals surface area contributed by atoms with Crippen LogP contribution in [0.25, 0.3) is 0 Å². The Hall–Kier alpha value is -3.07. The fraction of sp³-hybridized carbons (Fsp3) is 0.316. The monoisotopic (exact) mass is 337 g/mol. The molecule has 1 aliphatic heterocycles. The van der Waals surface area contributed by atoms with E-state index in [1.807, 2.05) is 37.3 Å². The molecule has 0 atom stereocenters. The number of hydrogen-bond acceptors (Lipinski definition) is 5. The van der Waals surface area contributed by atoms with Gasteiger partial charge in [-0.05, 0) is 30.7 Å². The number of rotatable bonds is 6. The van der Waals surface area contributed by atoms with E-state index in [1.165, 1.54) is 0 Å². The molecule has 0 bridgehead atoms. The molecule has 0 saturated carbocycles. The third kappa shape index (κ3) is 4.27. The minimum absolute atomic E-state index is 0.0720. The highest BCUT2D eigenvalue weighted by molar-refractivity contribution is 5.79. The molecule has 2 heterocycles. The third-order valence-corrected chi connectivity index (χ3v) is 3.94. The lowest BCUT2D eigenvalue weighted by Crippen LogP contribution is -2.56. The van der Waals surface area contributed by atoms with Crippen LogP contribution in [0.15, 0.2) is 42.6 Å². The average Bonchev–Trinajstić information content (AvgIpc) is 2.60. The van der Waals surface area contributed by atoms with Gasteiger partial charge in [-0.1, -0.05) is 12.1 Å². The number of nitriles is 1. The Balaban J connectivity index is 1.47. The zero-order chi connectivity index (χ0) is 17.6. The van der Waals surface area contributed by atoms with E-state index < -0.39 is 0 Å². The van der Waals surface area contributed by atoms with Crippen LogP contribution in [-0.4, -0.2) is 41.6 Å². The van der Waals surface area contributed by atoms with Crippen molar-refractivity contribution in [3.05, 3.63) is 53.7 Å². The molecule has 6 heteroatoms. The molecular weight excluding hydrogens is 318 g/mol. The fourth-order valence-corrected chi connectivity index (χ4v) is 2.59. The summed E-state index contributed by atoms with van der Waals surface area (Å²) in [5.74, 6) is 1.30. The first kappa shape index (κ1) is 16.8. The van der Waals surface area contributed by atoms with Crippen LogP contribution in [0.2, 0.25) is 0 Å². The highest BCUT2D eigenvalue weighted by Crippen LogP contribution is 2.19. The van der Waals surface area contributed by atoms with Crippen LogP contribution in [-0.2, 0) is 11.2 Å². The topological polar surface area (TPSA) is 75.4 Å². The zero-order valence-corrected chi connectivity index (χ0v) is 14.0. The second-order valence-electron chi connectivity index (χ2n) is 5.79. The van der Waals surface area contributed by atoms with Crippen LogP contribution in [0.4, 0.5) is 0 Å². The molecule has 1 fully saturated rings. The summed E-state index contributed by atoms with van der Waals surface area (Å²) in [7, 11) is 0. The first-order valence-electron chi connectivity index (χ1n) is 8.20. The van der Waals surface area contributed by atoms with E-state index >= 15 is 0 Å². The Morgan fingerprint density at radius 2 is 2.08 bits per heavy atom. The molecule has 1 aliphatic rings. The van der Waals surface area contributed by atoms with Gasteiger partial charge in [-0.25, -0.2) is 4.98 Å². The van der Waals surface area contributed by atoms with Gasteiger partial charge in [0, 0.05) is 12.3 Å². The standard InChI is InChI=1S/C19H19N3O3/c1-2-24-16-5-3-14(4-6-16)10-19(23)22-12-17(13-22)25-18-9-15(11-20)7-8-21-18/h3-9,17H,2,10,12-13H2,1H3. The van der Waals surface area contributed by atoms with E-state index in [9.17, 15) is 4.79 Å². The minimum atomic E-state index is -0.0780. The summed E-state index contributed by atoms with van der Waals surface area (Å²) in [6.45, 7) is 3.63. The number of amides is 1. The highest BCUT2D eigenvalue weighted by atomic mass is 16.5. The van der Waals surface area contributed by atoms with E-state index in [1.54, 1.807) is 23.2 Å². The van der Waals surface area contributed by atoms with Crippen molar-refractivity contribution in [2.24, 2.45) is 0 Å². The number of carbonyl (C=O) groups is 1. The van der Waals surface area contributed by atoms with Gasteiger partial charge < -0.3 is 14.4 Å². The maximum atomic E-state index is 12.3. The van der Waals surface area contributed by atoms with E-state index in [0.717, 1.165) is 11.3 Å². The summed E-state index contributed by atoms with van der Waals surface area (Å²) in [6.07, 6.45) is 1.83. The van der Waals surface area contributed by atoms with Gasteiger partial charge in [0.25, 0.3) is 0 Å². The first-order chi connectivity index (χ1) is 12.2. The van der Waals surface area contributed by atoms with Crippen molar-refractivity contribution < 1.29 is 14.3 Å². The van der Waals surface area contributed by atoms with Gasteiger partial charge in [0.05, 0.1) is 37.7 Å². The van der Waals surface area contributed by atoms with Crippen LogP contribution < -0.4 is 9.47 Å². The van der Waals surface area contributed by atoms with Crippen molar-refractivity contribution in [3.8, 4) is 17.7 Å². The normalized spacial score (nSPS) is 13.7. The van der Waals surface area contributed by atoms with Gasteiger partial charge in [-0.15, -0.1) is 0 Å². The van der Waals surface area contributed by atoms with Crippen LogP contribution in [0.1, 0.15) is 18.1 Å². The lowest BCUT2D eigenvalue weighted by atomic mass is 10.1. The van der Waals surface area contributed by atoms with Crippen molar-refractivity contribution >= 4 is 5.91 Å². The molecule has 0 aliphatic carbocycles. The first-order valence-corrected chi connectivity index (χ1v) is 8.20. The average molecular weight is 337 g/mol. The molecule has 0 spiro atoms. The van der Waals surface area contributed by atoms with Crippen LogP contribution in [0.3, 0.4) is 0 Å². The molecule has 1 amide bonds. The van der Waals surface area contributed by atoms with Crippen LogP contribution in [0.5, 0.6) is 11.6 Å². The SMILES string of the molecule is CCOc1ccc(CC(=O)N2CC(Oc3cc(C#N)ccn3)C2)cc1. The lowest BCUT2D eigenvalue weighted by molar-refractivity contribution is -0.139. The Morgan fingerprint density at radius 1 is 1.32 bits per heavy atom. The zero-order valence-electron chi connectivity index (χ0n) is 14.0. The summed E-state index contributed by atoms with van der Waals surface area (Å²) in [5, 5.41) is 8.88. The molecule has 128 valence electrons. The number of aromatic nitrogens is 1. The number of nitrogens with zero attached hydrogens (tertiary/aromatic N) is 3. The van der Waals surface area contributed by atoms with Crippen molar-refractivity contribution in [2.45, 2.75) is 19.4 Å². The molecule has 1 saturated heterocycles. The Bertz CT molecular complexity index is 777. The molecule has 2 aromatic rings. The molecule has 0 N–H and O–H groups in total. The molecule has 6 nitrogen and oxygen atoms in total. The summed E-state index contributed by atoms with van der Waals surface area (Å²) < 4.78 is 11.1. The fourth-order valence-electron chi connectivity index (χ4n) is 2.59. The molecule has 3 rings (SSSR count). The van der Waals surface area contributed by atoms with Gasteiger partial charge in [-0.3, -0.25) is 4.79 Å². The second-order valence-corrected chi connectivity index (χ2v) is 5.79. The molecular formula is C19H19N3O3. The van der Waals surface area contributed by atoms with E-state index in [0.29, 0.717) is 37.6 Å². The largest absolute Gasteiger partial charge is 0.494 e. The number of carbonyl (C=O) groups excluding carboxylic acids is 1. The number of benzene rings is 1. The highest BCUT2D eigenvalue weighted by Gasteiger charge is 2.32. The predicted octanol–water partition coefficient (Wildman–Crippen LogP) is 2.18. The number of ether oxygens (including phenoxy) is 2. The van der Waals surface area contributed by atoms with Gasteiger partial charge in [-0.2, -0.15) is 5.26 Å². The molecule has 1 aromatic carbocycles. The van der Waals surface area contributed by atoms with Gasteiger partial charge in [0.1, 0.15) is 11.9 Å². The number of hydrogen-bond donors (Lipinski definition) is 0. The van der Waals surface area contributed by atoms with Crippen LogP contribution >= 0.6 is 0 Å². The quantitative estimate of drug-likeness (QED) is 0.807. The Labute approximate surface area is 146 Å². The van der Waals surface area contributed by atoms with Crippen molar-refractivity contribution in [1.82, 2.24) is 9.88 Å². The van der Waals surface area contributed by atoms with Crippen molar-refractivity contribution in [2.75, 3.05) is 19.7 Å². The number of likely N-dealkylation sites (tertiary alicyclic amines) is 1. The summed E-state index contributed by atoms with van der Waals surface area (Å²) in [6, 6.07) is 12.9. The van der Waals surface area contributed by atoms with Gasteiger partial charge in [0.15, 0.2) is 0 Å². The summed E-state index contributed by atoms with van der Waals surface area (Å²) in [4.78, 5) is 18.1. The smallest absolute Gasteiger partial charge is 0.227 e. The van der Waals surface area contributed by atoms with E-state index in [2.05, 4.69) is 4.98 Å². The molecule has 0 radical (unpaired) electrons.